The minimum absolute atomic E-state index is 0.220. The number of anilines is 2. The van der Waals surface area contributed by atoms with Gasteiger partial charge in [0.1, 0.15) is 0 Å². The van der Waals surface area contributed by atoms with Gasteiger partial charge >= 0.3 is 6.03 Å². The van der Waals surface area contributed by atoms with Crippen molar-refractivity contribution in [3.63, 3.8) is 0 Å². The number of rotatable bonds is 4. The predicted octanol–water partition coefficient (Wildman–Crippen LogP) is 1.69. The lowest BCUT2D eigenvalue weighted by Gasteiger charge is -2.13. The van der Waals surface area contributed by atoms with Crippen LogP contribution in [0.15, 0.2) is 24.3 Å². The molecule has 1 aromatic carbocycles. The van der Waals surface area contributed by atoms with Crippen molar-refractivity contribution in [2.24, 2.45) is 0 Å². The summed E-state index contributed by atoms with van der Waals surface area (Å²) in [6, 6.07) is 6.53. The zero-order chi connectivity index (χ0) is 13.7. The summed E-state index contributed by atoms with van der Waals surface area (Å²) in [5.41, 5.74) is 1.10. The van der Waals surface area contributed by atoms with Gasteiger partial charge in [0.15, 0.2) is 0 Å². The van der Waals surface area contributed by atoms with E-state index < -0.39 is 10.9 Å². The van der Waals surface area contributed by atoms with Gasteiger partial charge in [-0.2, -0.15) is 0 Å². The van der Waals surface area contributed by atoms with E-state index >= 15 is 0 Å². The van der Waals surface area contributed by atoms with Crippen molar-refractivity contribution in [2.75, 3.05) is 10.0 Å². The van der Waals surface area contributed by atoms with Gasteiger partial charge in [0.05, 0.1) is 0 Å². The van der Waals surface area contributed by atoms with Crippen molar-refractivity contribution in [1.82, 2.24) is 5.32 Å². The van der Waals surface area contributed by atoms with Crippen LogP contribution in [0.4, 0.5) is 16.2 Å². The molecule has 2 amide bonds. The molecule has 0 aliphatic heterocycles. The molecular formula is C12H17N3O3S. The standard InChI is InChI=1S/C12H17N3O3S/c16-12(13-9-3-1-2-4-9)14-10-5-7-11(8-6-10)15-19(17)18/h5-9,19H,1-4H2,(H2,13,14,16)(H,15,17,18). The number of urea groups is 1. The summed E-state index contributed by atoms with van der Waals surface area (Å²) in [7, 11) is -2.66. The summed E-state index contributed by atoms with van der Waals surface area (Å²) in [6.07, 6.45) is 4.40. The van der Waals surface area contributed by atoms with Gasteiger partial charge < -0.3 is 10.6 Å². The van der Waals surface area contributed by atoms with Crippen molar-refractivity contribution in [2.45, 2.75) is 31.7 Å². The summed E-state index contributed by atoms with van der Waals surface area (Å²) in [6.45, 7) is 0. The average molecular weight is 283 g/mol. The highest BCUT2D eigenvalue weighted by Crippen LogP contribution is 2.18. The molecule has 2 rings (SSSR count). The van der Waals surface area contributed by atoms with Gasteiger partial charge in [-0.1, -0.05) is 12.8 Å². The Morgan fingerprint density at radius 2 is 1.63 bits per heavy atom. The Labute approximate surface area is 113 Å². The molecule has 3 N–H and O–H groups in total. The number of amides is 2. The van der Waals surface area contributed by atoms with Gasteiger partial charge in [-0.3, -0.25) is 4.72 Å². The van der Waals surface area contributed by atoms with Crippen molar-refractivity contribution in [3.05, 3.63) is 24.3 Å². The summed E-state index contributed by atoms with van der Waals surface area (Å²) < 4.78 is 23.2. The van der Waals surface area contributed by atoms with Crippen LogP contribution in [0.1, 0.15) is 25.7 Å². The molecule has 1 saturated carbocycles. The van der Waals surface area contributed by atoms with Crippen LogP contribution in [-0.2, 0) is 10.9 Å². The van der Waals surface area contributed by atoms with Crippen LogP contribution < -0.4 is 15.4 Å². The number of thiol groups is 1. The summed E-state index contributed by atoms with van der Waals surface area (Å²) in [4.78, 5) is 11.7. The highest BCUT2D eigenvalue weighted by atomic mass is 32.2. The van der Waals surface area contributed by atoms with E-state index in [0.717, 1.165) is 12.8 Å². The maximum absolute atomic E-state index is 11.7. The maximum atomic E-state index is 11.7. The molecule has 19 heavy (non-hydrogen) atoms. The average Bonchev–Trinajstić information content (AvgIpc) is 2.83. The number of nitrogens with one attached hydrogen (secondary N) is 3. The van der Waals surface area contributed by atoms with Crippen molar-refractivity contribution in [1.29, 1.82) is 0 Å². The molecule has 7 heteroatoms. The van der Waals surface area contributed by atoms with Gasteiger partial charge in [0.25, 0.3) is 0 Å². The molecule has 0 radical (unpaired) electrons. The molecule has 1 fully saturated rings. The Kier molecular flexibility index (Phi) is 4.62. The predicted molar refractivity (Wildman–Crippen MR) is 74.8 cm³/mol. The molecule has 104 valence electrons. The molecular weight excluding hydrogens is 266 g/mol. The normalized spacial score (nSPS) is 15.4. The van der Waals surface area contributed by atoms with E-state index in [4.69, 9.17) is 0 Å². The SMILES string of the molecule is O=C(Nc1ccc(N[SH](=O)=O)cc1)NC1CCCC1. The third kappa shape index (κ3) is 4.44. The van der Waals surface area contributed by atoms with Crippen molar-refractivity contribution in [3.8, 4) is 0 Å². The van der Waals surface area contributed by atoms with Crippen LogP contribution in [0.3, 0.4) is 0 Å². The van der Waals surface area contributed by atoms with E-state index in [0.29, 0.717) is 11.4 Å². The fourth-order valence-electron chi connectivity index (χ4n) is 2.16. The zero-order valence-corrected chi connectivity index (χ0v) is 11.3. The highest BCUT2D eigenvalue weighted by molar-refractivity contribution is 7.73. The fraction of sp³-hybridized carbons (Fsp3) is 0.417. The van der Waals surface area contributed by atoms with Crippen LogP contribution in [-0.4, -0.2) is 20.5 Å². The van der Waals surface area contributed by atoms with Gasteiger partial charge in [-0.15, -0.1) is 0 Å². The summed E-state index contributed by atoms with van der Waals surface area (Å²) in [5.74, 6) is 0. The largest absolute Gasteiger partial charge is 0.335 e. The molecule has 1 aromatic rings. The molecule has 6 nitrogen and oxygen atoms in total. The van der Waals surface area contributed by atoms with E-state index in [1.807, 2.05) is 0 Å². The second-order valence-corrected chi connectivity index (χ2v) is 5.26. The van der Waals surface area contributed by atoms with Crippen molar-refractivity contribution < 1.29 is 13.2 Å². The number of hydrogen-bond acceptors (Lipinski definition) is 3. The van der Waals surface area contributed by atoms with Gasteiger partial charge in [0.2, 0.25) is 10.9 Å². The molecule has 0 spiro atoms. The van der Waals surface area contributed by atoms with Gasteiger partial charge in [-0.25, -0.2) is 13.2 Å². The number of carbonyl (C=O) groups is 1. The highest BCUT2D eigenvalue weighted by Gasteiger charge is 2.16. The van der Waals surface area contributed by atoms with Crippen LogP contribution in [0.5, 0.6) is 0 Å². The third-order valence-electron chi connectivity index (χ3n) is 3.05. The Balaban J connectivity index is 1.86. The van der Waals surface area contributed by atoms with Crippen LogP contribution in [0.2, 0.25) is 0 Å². The number of hydrogen-bond donors (Lipinski definition) is 4. The Morgan fingerprint density at radius 1 is 1.05 bits per heavy atom. The maximum Gasteiger partial charge on any atom is 0.319 e. The van der Waals surface area contributed by atoms with Crippen LogP contribution in [0, 0.1) is 0 Å². The minimum atomic E-state index is -2.66. The zero-order valence-electron chi connectivity index (χ0n) is 10.4. The minimum Gasteiger partial charge on any atom is -0.335 e. The van der Waals surface area contributed by atoms with Crippen molar-refractivity contribution >= 4 is 28.3 Å². The first kappa shape index (κ1) is 13.7. The molecule has 0 atom stereocenters. The molecule has 0 aromatic heterocycles. The van der Waals surface area contributed by atoms with Gasteiger partial charge in [0, 0.05) is 17.4 Å². The van der Waals surface area contributed by atoms with E-state index in [9.17, 15) is 13.2 Å². The topological polar surface area (TPSA) is 87.3 Å². The third-order valence-corrected chi connectivity index (χ3v) is 3.49. The lowest BCUT2D eigenvalue weighted by molar-refractivity contribution is 0.248. The van der Waals surface area contributed by atoms with Gasteiger partial charge in [-0.05, 0) is 37.1 Å². The first-order chi connectivity index (χ1) is 9.13. The summed E-state index contributed by atoms with van der Waals surface area (Å²) in [5, 5.41) is 5.63. The Morgan fingerprint density at radius 3 is 2.21 bits per heavy atom. The first-order valence-electron chi connectivity index (χ1n) is 6.22. The smallest absolute Gasteiger partial charge is 0.319 e. The van der Waals surface area contributed by atoms with E-state index in [-0.39, 0.29) is 12.1 Å². The monoisotopic (exact) mass is 283 g/mol. The van der Waals surface area contributed by atoms with Crippen LogP contribution in [0.25, 0.3) is 0 Å². The summed E-state index contributed by atoms with van der Waals surface area (Å²) >= 11 is 0. The van der Waals surface area contributed by atoms with E-state index in [1.54, 1.807) is 24.3 Å². The van der Waals surface area contributed by atoms with E-state index in [2.05, 4.69) is 15.4 Å². The fourth-order valence-corrected chi connectivity index (χ4v) is 2.52. The number of carbonyl (C=O) groups excluding carboxylic acids is 1. The molecule has 1 aliphatic carbocycles. The Hall–Kier alpha value is -1.76. The second-order valence-electron chi connectivity index (χ2n) is 4.53. The Bertz CT molecular complexity index is 499. The molecule has 0 heterocycles. The van der Waals surface area contributed by atoms with E-state index in [1.165, 1.54) is 12.8 Å². The van der Waals surface area contributed by atoms with Crippen LogP contribution >= 0.6 is 0 Å². The molecule has 0 saturated heterocycles. The lowest BCUT2D eigenvalue weighted by Crippen LogP contribution is -2.36. The molecule has 1 aliphatic rings. The second kappa shape index (κ2) is 6.42. The first-order valence-corrected chi connectivity index (χ1v) is 7.40. The lowest BCUT2D eigenvalue weighted by atomic mass is 10.2. The molecule has 0 unspecified atom stereocenters. The quantitative estimate of drug-likeness (QED) is 0.634. The molecule has 0 bridgehead atoms. The number of benzene rings is 1.